The zero-order chi connectivity index (χ0) is 31.3. The van der Waals surface area contributed by atoms with Crippen molar-refractivity contribution in [2.45, 2.75) is 19.7 Å². The number of carbonyl (C=O) groups excluding carboxylic acids is 3. The van der Waals surface area contributed by atoms with Crippen molar-refractivity contribution in [2.24, 2.45) is 0 Å². The fraction of sp³-hybridized carbons (Fsp3) is 0.179. The number of amides is 3. The van der Waals surface area contributed by atoms with Gasteiger partial charge < -0.3 is 14.8 Å². The van der Waals surface area contributed by atoms with Gasteiger partial charge in [-0.1, -0.05) is 6.07 Å². The molecule has 0 unspecified atom stereocenters. The van der Waals surface area contributed by atoms with Gasteiger partial charge in [-0.05, 0) is 94.3 Å². The van der Waals surface area contributed by atoms with Crippen LogP contribution in [0.15, 0.2) is 70.0 Å². The van der Waals surface area contributed by atoms with Crippen molar-refractivity contribution in [2.75, 3.05) is 18.5 Å². The van der Waals surface area contributed by atoms with E-state index in [0.29, 0.717) is 43.8 Å². The van der Waals surface area contributed by atoms with Crippen molar-refractivity contribution in [3.8, 4) is 11.5 Å². The number of imide groups is 1. The number of nitrogens with one attached hydrogen (secondary N) is 1. The third-order valence-corrected chi connectivity index (χ3v) is 7.31. The first-order valence-electron chi connectivity index (χ1n) is 12.4. The van der Waals surface area contributed by atoms with E-state index in [1.54, 1.807) is 31.2 Å². The third kappa shape index (κ3) is 7.93. The number of nitrogens with zero attached hydrogens (tertiary/aromatic N) is 2. The Morgan fingerprint density at radius 1 is 1.12 bits per heavy atom. The number of non-ortho nitro benzene ring substituents is 1. The molecular weight excluding hydrogens is 659 g/mol. The van der Waals surface area contributed by atoms with Crippen LogP contribution in [0.5, 0.6) is 11.5 Å². The summed E-state index contributed by atoms with van der Waals surface area (Å²) < 4.78 is 50.9. The van der Waals surface area contributed by atoms with Gasteiger partial charge in [0.25, 0.3) is 16.8 Å². The molecule has 1 saturated heterocycles. The van der Waals surface area contributed by atoms with E-state index in [0.717, 1.165) is 18.2 Å². The molecule has 0 spiro atoms. The first kappa shape index (κ1) is 31.6. The minimum absolute atomic E-state index is 0.0192. The fourth-order valence-electron chi connectivity index (χ4n) is 3.85. The number of thioether (sulfide) groups is 1. The highest BCUT2D eigenvalue weighted by molar-refractivity contribution is 9.10. The molecule has 1 fully saturated rings. The topological polar surface area (TPSA) is 128 Å². The summed E-state index contributed by atoms with van der Waals surface area (Å²) in [5.41, 5.74) is 0.00282. The Morgan fingerprint density at radius 3 is 2.49 bits per heavy atom. The minimum Gasteiger partial charge on any atom is -0.490 e. The normalized spacial score (nSPS) is 14.3. The zero-order valence-electron chi connectivity index (χ0n) is 22.1. The van der Waals surface area contributed by atoms with Crippen LogP contribution in [0.2, 0.25) is 0 Å². The van der Waals surface area contributed by atoms with E-state index < -0.39 is 40.3 Å². The molecule has 3 aromatic carbocycles. The summed E-state index contributed by atoms with van der Waals surface area (Å²) in [6, 6.07) is 13.1. The summed E-state index contributed by atoms with van der Waals surface area (Å²) >= 11 is 4.03. The van der Waals surface area contributed by atoms with E-state index in [9.17, 15) is 37.7 Å². The van der Waals surface area contributed by atoms with Crippen molar-refractivity contribution in [3.05, 3.63) is 96.8 Å². The molecule has 0 aromatic heterocycles. The van der Waals surface area contributed by atoms with Crippen LogP contribution >= 0.6 is 27.7 Å². The van der Waals surface area contributed by atoms with E-state index in [2.05, 4.69) is 21.2 Å². The number of halogens is 4. The highest BCUT2D eigenvalue weighted by atomic mass is 79.9. The minimum atomic E-state index is -4.60. The SMILES string of the molecule is CCOc1cc(/C=C2\SC(=O)N(CC(=O)Nc3cccc(C(F)(F)F)c3)C2=O)cc(Br)c1OCc1ccc([N+](=O)[O-])cc1. The molecule has 3 amide bonds. The van der Waals surface area contributed by atoms with E-state index >= 15 is 0 Å². The monoisotopic (exact) mass is 679 g/mol. The molecule has 224 valence electrons. The lowest BCUT2D eigenvalue weighted by Gasteiger charge is -2.15. The predicted molar refractivity (Wildman–Crippen MR) is 155 cm³/mol. The fourth-order valence-corrected chi connectivity index (χ4v) is 5.26. The Balaban J connectivity index is 1.47. The number of ether oxygens (including phenoxy) is 2. The van der Waals surface area contributed by atoms with Crippen molar-refractivity contribution < 1.29 is 42.0 Å². The highest BCUT2D eigenvalue weighted by Gasteiger charge is 2.36. The Hall–Kier alpha value is -4.37. The van der Waals surface area contributed by atoms with Crippen LogP contribution < -0.4 is 14.8 Å². The second-order valence-corrected chi connectivity index (χ2v) is 10.7. The summed E-state index contributed by atoms with van der Waals surface area (Å²) in [4.78, 5) is 49.0. The molecular formula is C28H21BrF3N3O7S. The second-order valence-electron chi connectivity index (χ2n) is 8.87. The molecule has 1 aliphatic rings. The summed E-state index contributed by atoms with van der Waals surface area (Å²) in [7, 11) is 0. The molecule has 0 aliphatic carbocycles. The quantitative estimate of drug-likeness (QED) is 0.137. The Morgan fingerprint density at radius 2 is 1.84 bits per heavy atom. The van der Waals surface area contributed by atoms with Crippen molar-refractivity contribution in [1.29, 1.82) is 0 Å². The number of anilines is 1. The van der Waals surface area contributed by atoms with Crippen LogP contribution in [0.4, 0.5) is 29.3 Å². The molecule has 0 bridgehead atoms. The van der Waals surface area contributed by atoms with Gasteiger partial charge in [-0.25, -0.2) is 0 Å². The summed E-state index contributed by atoms with van der Waals surface area (Å²) in [5.74, 6) is -0.929. The van der Waals surface area contributed by atoms with E-state index in [-0.39, 0.29) is 29.5 Å². The maximum atomic E-state index is 13.0. The molecule has 0 radical (unpaired) electrons. The maximum Gasteiger partial charge on any atom is 0.416 e. The van der Waals surface area contributed by atoms with Gasteiger partial charge in [0.15, 0.2) is 11.5 Å². The number of nitro benzene ring substituents is 1. The largest absolute Gasteiger partial charge is 0.490 e. The number of carbonyl (C=O) groups is 3. The summed E-state index contributed by atoms with van der Waals surface area (Å²) in [6.07, 6.45) is -3.17. The number of hydrogen-bond acceptors (Lipinski definition) is 8. The van der Waals surface area contributed by atoms with Gasteiger partial charge in [0.05, 0.1) is 26.5 Å². The van der Waals surface area contributed by atoms with Crippen LogP contribution in [0.1, 0.15) is 23.6 Å². The van der Waals surface area contributed by atoms with E-state index in [4.69, 9.17) is 9.47 Å². The highest BCUT2D eigenvalue weighted by Crippen LogP contribution is 2.40. The lowest BCUT2D eigenvalue weighted by atomic mass is 10.1. The molecule has 3 aromatic rings. The predicted octanol–water partition coefficient (Wildman–Crippen LogP) is 7.03. The first-order valence-corrected chi connectivity index (χ1v) is 14.0. The molecule has 0 atom stereocenters. The number of alkyl halides is 3. The van der Waals surface area contributed by atoms with E-state index in [1.165, 1.54) is 24.3 Å². The smallest absolute Gasteiger partial charge is 0.416 e. The molecule has 4 rings (SSSR count). The molecule has 1 aliphatic heterocycles. The third-order valence-electron chi connectivity index (χ3n) is 5.81. The van der Waals surface area contributed by atoms with Crippen molar-refractivity contribution in [1.82, 2.24) is 4.90 Å². The van der Waals surface area contributed by atoms with Gasteiger partial charge in [0, 0.05) is 17.8 Å². The Labute approximate surface area is 255 Å². The van der Waals surface area contributed by atoms with Gasteiger partial charge in [0.2, 0.25) is 5.91 Å². The average Bonchev–Trinajstić information content (AvgIpc) is 3.19. The average molecular weight is 680 g/mol. The Bertz CT molecular complexity index is 1610. The molecule has 15 heteroatoms. The molecule has 0 saturated carbocycles. The van der Waals surface area contributed by atoms with Gasteiger partial charge in [-0.15, -0.1) is 0 Å². The van der Waals surface area contributed by atoms with Gasteiger partial charge >= 0.3 is 6.18 Å². The van der Waals surface area contributed by atoms with Gasteiger partial charge in [-0.2, -0.15) is 13.2 Å². The van der Waals surface area contributed by atoms with Crippen LogP contribution in [0, 0.1) is 10.1 Å². The van der Waals surface area contributed by atoms with Crippen LogP contribution in [0.3, 0.4) is 0 Å². The van der Waals surface area contributed by atoms with Gasteiger partial charge in [0.1, 0.15) is 13.2 Å². The van der Waals surface area contributed by atoms with Crippen molar-refractivity contribution in [3.63, 3.8) is 0 Å². The van der Waals surface area contributed by atoms with Gasteiger partial charge in [-0.3, -0.25) is 29.4 Å². The second kappa shape index (κ2) is 13.3. The standard InChI is InChI=1S/C28H21BrF3N3O7S/c1-2-41-22-11-17(10-21(29)25(22)42-15-16-6-8-20(9-7-16)35(39)40)12-23-26(37)34(27(38)43-23)14-24(36)33-19-5-3-4-18(13-19)28(30,31)32/h3-13H,2,14-15H2,1H3,(H,33,36)/b23-12-. The maximum absolute atomic E-state index is 13.0. The number of rotatable bonds is 10. The van der Waals surface area contributed by atoms with Crippen LogP contribution in [-0.2, 0) is 22.4 Å². The molecule has 1 N–H and O–H groups in total. The summed E-state index contributed by atoms with van der Waals surface area (Å²) in [6.45, 7) is 1.43. The number of benzene rings is 3. The first-order chi connectivity index (χ1) is 20.3. The molecule has 10 nitrogen and oxygen atoms in total. The lowest BCUT2D eigenvalue weighted by Crippen LogP contribution is -2.36. The molecule has 43 heavy (non-hydrogen) atoms. The Kier molecular flexibility index (Phi) is 9.76. The summed E-state index contributed by atoms with van der Waals surface area (Å²) in [5, 5.41) is 12.4. The zero-order valence-corrected chi connectivity index (χ0v) is 24.5. The number of nitro groups is 1. The van der Waals surface area contributed by atoms with Crippen LogP contribution in [0.25, 0.3) is 6.08 Å². The van der Waals surface area contributed by atoms with E-state index in [1.807, 2.05) is 0 Å². The molecule has 1 heterocycles. The van der Waals surface area contributed by atoms with Crippen molar-refractivity contribution >= 4 is 62.2 Å². The lowest BCUT2D eigenvalue weighted by molar-refractivity contribution is -0.384. The van der Waals surface area contributed by atoms with Crippen LogP contribution in [-0.4, -0.2) is 40.0 Å². The number of hydrogen-bond donors (Lipinski definition) is 1.